The van der Waals surface area contributed by atoms with Crippen molar-refractivity contribution in [1.82, 2.24) is 15.2 Å². The van der Waals surface area contributed by atoms with Crippen molar-refractivity contribution in [3.63, 3.8) is 0 Å². The number of piperidine rings is 1. The van der Waals surface area contributed by atoms with E-state index < -0.39 is 23.6 Å². The van der Waals surface area contributed by atoms with Gasteiger partial charge in [-0.05, 0) is 78.9 Å². The van der Waals surface area contributed by atoms with E-state index in [9.17, 15) is 29.7 Å². The number of aromatic amines is 1. The zero-order chi connectivity index (χ0) is 42.8. The summed E-state index contributed by atoms with van der Waals surface area (Å²) >= 11 is 0. The van der Waals surface area contributed by atoms with E-state index in [0.717, 1.165) is 38.0 Å². The number of amides is 1. The maximum atomic E-state index is 13.9. The van der Waals surface area contributed by atoms with Crippen molar-refractivity contribution in [3.8, 4) is 17.2 Å². The molecular formula is C48H50N4O9. The molecule has 1 aliphatic rings. The summed E-state index contributed by atoms with van der Waals surface area (Å²) in [6, 6.07) is 36.6. The molecule has 0 unspecified atom stereocenters. The number of esters is 1. The highest BCUT2D eigenvalue weighted by Crippen LogP contribution is 2.34. The summed E-state index contributed by atoms with van der Waals surface area (Å²) in [6.45, 7) is 3.00. The molecule has 0 radical (unpaired) electrons. The number of hydrogen-bond donors (Lipinski definition) is 6. The van der Waals surface area contributed by atoms with Crippen LogP contribution in [0.25, 0.3) is 10.9 Å². The third-order valence-corrected chi connectivity index (χ3v) is 11.0. The molecule has 6 aromatic rings. The first-order valence-electron chi connectivity index (χ1n) is 20.3. The lowest BCUT2D eigenvalue weighted by Gasteiger charge is -2.33. The molecule has 13 heteroatoms. The second-order valence-corrected chi connectivity index (χ2v) is 15.2. The molecule has 1 amide bonds. The number of aliphatic hydroxyl groups is 2. The second kappa shape index (κ2) is 19.7. The fourth-order valence-corrected chi connectivity index (χ4v) is 7.66. The van der Waals surface area contributed by atoms with Gasteiger partial charge < -0.3 is 45.1 Å². The summed E-state index contributed by atoms with van der Waals surface area (Å²) in [5.74, 6) is -0.371. The Labute approximate surface area is 353 Å². The molecule has 61 heavy (non-hydrogen) atoms. The van der Waals surface area contributed by atoms with Gasteiger partial charge in [0.1, 0.15) is 17.2 Å². The number of phenols is 1. The van der Waals surface area contributed by atoms with Crippen molar-refractivity contribution in [1.29, 1.82) is 0 Å². The van der Waals surface area contributed by atoms with Crippen LogP contribution in [-0.4, -0.2) is 77.0 Å². The Hall–Kier alpha value is -6.51. The number of rotatable bonds is 17. The first-order valence-corrected chi connectivity index (χ1v) is 20.3. The molecule has 0 spiro atoms. The van der Waals surface area contributed by atoms with Crippen molar-refractivity contribution >= 4 is 28.5 Å². The van der Waals surface area contributed by atoms with E-state index in [2.05, 4.69) is 32.7 Å². The van der Waals surface area contributed by atoms with Crippen LogP contribution in [0.5, 0.6) is 17.2 Å². The van der Waals surface area contributed by atoms with E-state index in [4.69, 9.17) is 14.2 Å². The number of pyridine rings is 1. The Morgan fingerprint density at radius 2 is 1.62 bits per heavy atom. The average Bonchev–Trinajstić information content (AvgIpc) is 3.29. The van der Waals surface area contributed by atoms with Crippen LogP contribution in [0.4, 0.5) is 5.69 Å². The van der Waals surface area contributed by atoms with E-state index in [1.54, 1.807) is 78.9 Å². The monoisotopic (exact) mass is 826 g/mol. The number of ether oxygens (including phenoxy) is 3. The minimum absolute atomic E-state index is 0.0860. The minimum atomic E-state index is -2.12. The van der Waals surface area contributed by atoms with Gasteiger partial charge in [-0.3, -0.25) is 14.5 Å². The topological polar surface area (TPSA) is 183 Å². The summed E-state index contributed by atoms with van der Waals surface area (Å²) in [5.41, 5.74) is 1.42. The lowest BCUT2D eigenvalue weighted by Crippen LogP contribution is -2.40. The molecule has 5 aromatic carbocycles. The third-order valence-electron chi connectivity index (χ3n) is 11.0. The van der Waals surface area contributed by atoms with Crippen LogP contribution in [-0.2, 0) is 33.0 Å². The maximum absolute atomic E-state index is 13.9. The zero-order valence-electron chi connectivity index (χ0n) is 33.9. The first-order chi connectivity index (χ1) is 29.6. The molecule has 6 N–H and O–H groups in total. The highest BCUT2D eigenvalue weighted by molar-refractivity contribution is 5.92. The normalized spacial score (nSPS) is 14.8. The number of phenolic OH excluding ortho intramolecular Hbond substituents is 1. The van der Waals surface area contributed by atoms with Gasteiger partial charge in [-0.1, -0.05) is 84.9 Å². The van der Waals surface area contributed by atoms with E-state index in [1.807, 2.05) is 18.2 Å². The number of aromatic hydroxyl groups is 1. The van der Waals surface area contributed by atoms with Gasteiger partial charge >= 0.3 is 5.97 Å². The quantitative estimate of drug-likeness (QED) is 0.0614. The van der Waals surface area contributed by atoms with Crippen molar-refractivity contribution in [3.05, 3.63) is 166 Å². The number of aromatic nitrogens is 1. The molecular weight excluding hydrogens is 777 g/mol. The summed E-state index contributed by atoms with van der Waals surface area (Å²) in [7, 11) is 1.52. The number of benzene rings is 5. The van der Waals surface area contributed by atoms with E-state index >= 15 is 0 Å². The molecule has 7 rings (SSSR count). The predicted molar refractivity (Wildman–Crippen MR) is 231 cm³/mol. The number of methoxy groups -OCH3 is 1. The number of nitrogens with one attached hydrogen (secondary N) is 3. The average molecular weight is 827 g/mol. The molecule has 0 aliphatic carbocycles. The minimum Gasteiger partial charge on any atom is -0.506 e. The SMILES string of the molecule is COc1cc(NC(=O)COc2cccc([C@](O)(C(=O)OCC3CCN(Cc4ccccc4)CC3)c3ccccc3)c2)ccc1CNC[C@H](O)c1ccc(O)c2[nH]c(=O)ccc12. The first kappa shape index (κ1) is 42.6. The number of hydrogen-bond acceptors (Lipinski definition) is 11. The molecule has 316 valence electrons. The van der Waals surface area contributed by atoms with E-state index in [0.29, 0.717) is 34.5 Å². The number of nitrogens with zero attached hydrogens (tertiary/aromatic N) is 1. The highest BCUT2D eigenvalue weighted by atomic mass is 16.6. The van der Waals surface area contributed by atoms with Crippen LogP contribution in [0.15, 0.2) is 132 Å². The number of carbonyl (C=O) groups is 2. The highest BCUT2D eigenvalue weighted by Gasteiger charge is 2.42. The Balaban J connectivity index is 0.929. The molecule has 1 fully saturated rings. The van der Waals surface area contributed by atoms with Gasteiger partial charge in [0.05, 0.1) is 25.3 Å². The lowest BCUT2D eigenvalue weighted by atomic mass is 9.86. The Morgan fingerprint density at radius 3 is 2.38 bits per heavy atom. The van der Waals surface area contributed by atoms with Crippen molar-refractivity contribution < 1.29 is 39.1 Å². The van der Waals surface area contributed by atoms with Crippen LogP contribution >= 0.6 is 0 Å². The molecule has 13 nitrogen and oxygen atoms in total. The van der Waals surface area contributed by atoms with Gasteiger partial charge in [0, 0.05) is 54.0 Å². The van der Waals surface area contributed by atoms with Crippen LogP contribution in [0, 0.1) is 5.92 Å². The van der Waals surface area contributed by atoms with Gasteiger partial charge in [0.2, 0.25) is 11.2 Å². The van der Waals surface area contributed by atoms with Gasteiger partial charge in [0.15, 0.2) is 6.61 Å². The van der Waals surface area contributed by atoms with Crippen LogP contribution in [0.1, 0.15) is 46.8 Å². The largest absolute Gasteiger partial charge is 0.506 e. The Morgan fingerprint density at radius 1 is 0.885 bits per heavy atom. The maximum Gasteiger partial charge on any atom is 0.347 e. The summed E-state index contributed by atoms with van der Waals surface area (Å²) in [5, 5.41) is 39.8. The smallest absolute Gasteiger partial charge is 0.347 e. The van der Waals surface area contributed by atoms with Gasteiger partial charge in [-0.2, -0.15) is 0 Å². The molecule has 0 bridgehead atoms. The predicted octanol–water partition coefficient (Wildman–Crippen LogP) is 5.77. The fourth-order valence-electron chi connectivity index (χ4n) is 7.66. The van der Waals surface area contributed by atoms with Crippen LogP contribution < -0.4 is 25.7 Å². The second-order valence-electron chi connectivity index (χ2n) is 15.2. The number of aliphatic hydroxyl groups excluding tert-OH is 1. The number of fused-ring (bicyclic) bond motifs is 1. The van der Waals surface area contributed by atoms with Gasteiger partial charge in [0.25, 0.3) is 5.91 Å². The third kappa shape index (κ3) is 10.5. The molecule has 1 saturated heterocycles. The number of carbonyl (C=O) groups excluding carboxylic acids is 2. The number of likely N-dealkylation sites (tertiary alicyclic amines) is 1. The Bertz CT molecular complexity index is 2490. The van der Waals surface area contributed by atoms with Gasteiger partial charge in [-0.25, -0.2) is 4.79 Å². The molecule has 1 aliphatic heterocycles. The van der Waals surface area contributed by atoms with Gasteiger partial charge in [-0.15, -0.1) is 0 Å². The molecule has 1 aromatic heterocycles. The molecule has 0 saturated carbocycles. The number of anilines is 1. The van der Waals surface area contributed by atoms with Crippen LogP contribution in [0.3, 0.4) is 0 Å². The summed E-state index contributed by atoms with van der Waals surface area (Å²) in [6.07, 6.45) is 0.813. The van der Waals surface area contributed by atoms with Crippen molar-refractivity contribution in [2.45, 2.75) is 37.6 Å². The summed E-state index contributed by atoms with van der Waals surface area (Å²) in [4.78, 5) is 43.7. The van der Waals surface area contributed by atoms with E-state index in [-0.39, 0.29) is 53.8 Å². The Kier molecular flexibility index (Phi) is 13.8. The van der Waals surface area contributed by atoms with Crippen molar-refractivity contribution in [2.24, 2.45) is 5.92 Å². The van der Waals surface area contributed by atoms with Crippen LogP contribution in [0.2, 0.25) is 0 Å². The van der Waals surface area contributed by atoms with Crippen molar-refractivity contribution in [2.75, 3.05) is 45.3 Å². The lowest BCUT2D eigenvalue weighted by molar-refractivity contribution is -0.164. The summed E-state index contributed by atoms with van der Waals surface area (Å²) < 4.78 is 17.3. The zero-order valence-corrected chi connectivity index (χ0v) is 33.9. The van der Waals surface area contributed by atoms with E-state index in [1.165, 1.54) is 30.9 Å². The molecule has 2 atom stereocenters. The fraction of sp³-hybridized carbons (Fsp3) is 0.271. The standard InChI is InChI=1S/C48H50N4O9/c1-59-43-26-37(16-15-34(43)27-49-28-42(54)39-17-19-41(53)46-40(39)18-20-44(55)51-46)50-45(56)31-60-38-14-8-13-36(25-38)48(58,35-11-6-3-7-12-35)47(57)61-30-33-21-23-52(24-22-33)29-32-9-4-2-5-10-32/h2-20,25-26,33,42,49,53-54,58H,21-24,27-31H2,1H3,(H,50,56)(H,51,55)/t42-,48-/m0/s1. The number of H-pyrrole nitrogens is 1. The molecule has 2 heterocycles.